The van der Waals surface area contributed by atoms with E-state index in [-0.39, 0.29) is 5.82 Å². The van der Waals surface area contributed by atoms with E-state index in [9.17, 15) is 14.3 Å². The second kappa shape index (κ2) is 7.07. The van der Waals surface area contributed by atoms with Gasteiger partial charge in [-0.2, -0.15) is 5.10 Å². The first-order valence-electron chi connectivity index (χ1n) is 9.19. The number of likely N-dealkylation sites (tertiary alicyclic amines) is 1. The minimum atomic E-state index is -0.897. The summed E-state index contributed by atoms with van der Waals surface area (Å²) in [5, 5.41) is 14.0. The van der Waals surface area contributed by atoms with Crippen LogP contribution in [0.1, 0.15) is 24.2 Å². The first kappa shape index (κ1) is 18.2. The molecule has 0 spiro atoms. The molecule has 0 bridgehead atoms. The van der Waals surface area contributed by atoms with E-state index >= 15 is 0 Å². The Morgan fingerprint density at radius 1 is 1.14 bits per heavy atom. The van der Waals surface area contributed by atoms with Gasteiger partial charge in [-0.05, 0) is 55.3 Å². The molecule has 1 fully saturated rings. The van der Waals surface area contributed by atoms with E-state index in [2.05, 4.69) is 10.1 Å². The highest BCUT2D eigenvalue weighted by atomic mass is 19.1. The third kappa shape index (κ3) is 3.13. The summed E-state index contributed by atoms with van der Waals surface area (Å²) in [6.07, 6.45) is 2.11. The molecular weight excluding hydrogens is 359 g/mol. The second-order valence-corrected chi connectivity index (χ2v) is 7.11. The molecule has 0 atom stereocenters. The molecule has 3 heterocycles. The van der Waals surface area contributed by atoms with Crippen LogP contribution in [0.3, 0.4) is 0 Å². The van der Waals surface area contributed by atoms with Crippen LogP contribution in [0.2, 0.25) is 0 Å². The maximum absolute atomic E-state index is 13.3. The summed E-state index contributed by atoms with van der Waals surface area (Å²) >= 11 is 0. The zero-order chi connectivity index (χ0) is 19.7. The number of amides is 1. The molecule has 1 amide bonds. The van der Waals surface area contributed by atoms with Crippen LogP contribution in [-0.4, -0.2) is 44.0 Å². The molecule has 1 N–H and O–H groups in total. The number of aromatic nitrogens is 3. The van der Waals surface area contributed by atoms with E-state index in [1.54, 1.807) is 18.3 Å². The van der Waals surface area contributed by atoms with Gasteiger partial charge in [0.25, 0.3) is 0 Å². The Hall–Kier alpha value is -3.22. The quantitative estimate of drug-likeness (QED) is 0.752. The predicted molar refractivity (Wildman–Crippen MR) is 102 cm³/mol. The summed E-state index contributed by atoms with van der Waals surface area (Å²) in [7, 11) is 1.89. The molecule has 2 aromatic heterocycles. The van der Waals surface area contributed by atoms with Crippen molar-refractivity contribution in [3.05, 3.63) is 71.9 Å². The zero-order valence-corrected chi connectivity index (χ0v) is 15.5. The molecule has 1 aliphatic heterocycles. The van der Waals surface area contributed by atoms with Gasteiger partial charge in [-0.25, -0.2) is 9.18 Å². The third-order valence-corrected chi connectivity index (χ3v) is 5.55. The van der Waals surface area contributed by atoms with Gasteiger partial charge >= 0.3 is 6.09 Å². The first-order chi connectivity index (χ1) is 13.5. The molecule has 144 valence electrons. The van der Waals surface area contributed by atoms with Gasteiger partial charge in [0.2, 0.25) is 0 Å². The average Bonchev–Trinajstić information content (AvgIpc) is 3.11. The van der Waals surface area contributed by atoms with Crippen molar-refractivity contribution in [1.29, 1.82) is 0 Å². The van der Waals surface area contributed by atoms with E-state index < -0.39 is 11.5 Å². The lowest BCUT2D eigenvalue weighted by Gasteiger charge is -2.40. The van der Waals surface area contributed by atoms with E-state index in [1.807, 2.05) is 36.0 Å². The van der Waals surface area contributed by atoms with Crippen molar-refractivity contribution >= 4 is 6.09 Å². The molecule has 28 heavy (non-hydrogen) atoms. The van der Waals surface area contributed by atoms with Crippen molar-refractivity contribution in [1.82, 2.24) is 19.7 Å². The molecule has 0 aliphatic carbocycles. The largest absolute Gasteiger partial charge is 0.465 e. The van der Waals surface area contributed by atoms with E-state index in [1.165, 1.54) is 17.0 Å². The Labute approximate surface area is 162 Å². The van der Waals surface area contributed by atoms with E-state index in [0.29, 0.717) is 25.9 Å². The van der Waals surface area contributed by atoms with Crippen LogP contribution in [-0.2, 0) is 12.5 Å². The van der Waals surface area contributed by atoms with Crippen molar-refractivity contribution in [3.63, 3.8) is 0 Å². The molecule has 0 radical (unpaired) electrons. The minimum absolute atomic E-state index is 0.286. The number of hydrogen-bond donors (Lipinski definition) is 1. The Bertz CT molecular complexity index is 977. The molecular formula is C21H21FN4O2. The highest BCUT2D eigenvalue weighted by molar-refractivity contribution is 5.65. The van der Waals surface area contributed by atoms with Crippen LogP contribution < -0.4 is 0 Å². The van der Waals surface area contributed by atoms with Gasteiger partial charge in [-0.15, -0.1) is 0 Å². The summed E-state index contributed by atoms with van der Waals surface area (Å²) in [5.41, 5.74) is 3.06. The Morgan fingerprint density at radius 2 is 1.86 bits per heavy atom. The van der Waals surface area contributed by atoms with Crippen LogP contribution in [0.25, 0.3) is 11.3 Å². The monoisotopic (exact) mass is 380 g/mol. The smallest absolute Gasteiger partial charge is 0.407 e. The lowest BCUT2D eigenvalue weighted by atomic mass is 9.72. The number of piperidine rings is 1. The van der Waals surface area contributed by atoms with Gasteiger partial charge in [0.05, 0.1) is 22.5 Å². The summed E-state index contributed by atoms with van der Waals surface area (Å²) in [6.45, 7) is 0.867. The number of pyridine rings is 1. The number of carboxylic acid groups (broad SMARTS) is 1. The van der Waals surface area contributed by atoms with Crippen molar-refractivity contribution < 1.29 is 14.3 Å². The van der Waals surface area contributed by atoms with Crippen molar-refractivity contribution in [2.75, 3.05) is 13.1 Å². The van der Waals surface area contributed by atoms with Crippen LogP contribution in [0.4, 0.5) is 9.18 Å². The topological polar surface area (TPSA) is 71.2 Å². The molecule has 0 unspecified atom stereocenters. The summed E-state index contributed by atoms with van der Waals surface area (Å²) in [6, 6.07) is 14.1. The fourth-order valence-corrected chi connectivity index (χ4v) is 4.05. The van der Waals surface area contributed by atoms with Gasteiger partial charge in [-0.3, -0.25) is 9.67 Å². The van der Waals surface area contributed by atoms with Gasteiger partial charge in [0.15, 0.2) is 0 Å². The molecule has 1 aliphatic rings. The SMILES string of the molecule is Cn1nc(-c2ccc(F)cc2)cc1C1(c2ccccn2)CCN(C(=O)O)CC1. The predicted octanol–water partition coefficient (Wildman–Crippen LogP) is 3.68. The van der Waals surface area contributed by atoms with Gasteiger partial charge in [-0.1, -0.05) is 6.07 Å². The zero-order valence-electron chi connectivity index (χ0n) is 15.5. The minimum Gasteiger partial charge on any atom is -0.465 e. The Kier molecular flexibility index (Phi) is 4.58. The summed E-state index contributed by atoms with van der Waals surface area (Å²) in [5.74, 6) is -0.286. The summed E-state index contributed by atoms with van der Waals surface area (Å²) < 4.78 is 15.1. The number of benzene rings is 1. The number of carbonyl (C=O) groups is 1. The molecule has 1 aromatic carbocycles. The normalized spacial score (nSPS) is 16.1. The molecule has 4 rings (SSSR count). The van der Waals surface area contributed by atoms with Gasteiger partial charge in [0, 0.05) is 31.9 Å². The molecule has 3 aromatic rings. The lowest BCUT2D eigenvalue weighted by molar-refractivity contribution is 0.121. The van der Waals surface area contributed by atoms with Crippen LogP contribution in [0.15, 0.2) is 54.7 Å². The van der Waals surface area contributed by atoms with E-state index in [0.717, 1.165) is 22.6 Å². The standard InChI is InChI=1S/C21H21FN4O2/c1-25-19(14-17(24-25)15-5-7-16(22)8-6-15)21(18-4-2-3-11-23-18)9-12-26(13-10-21)20(27)28/h2-8,11,14H,9-10,12-13H2,1H3,(H,27,28). The molecule has 0 saturated carbocycles. The van der Waals surface area contributed by atoms with Gasteiger partial charge < -0.3 is 10.0 Å². The summed E-state index contributed by atoms with van der Waals surface area (Å²) in [4.78, 5) is 17.4. The second-order valence-electron chi connectivity index (χ2n) is 7.11. The number of halogens is 1. The van der Waals surface area contributed by atoms with Crippen molar-refractivity contribution in [2.45, 2.75) is 18.3 Å². The number of rotatable bonds is 3. The van der Waals surface area contributed by atoms with Crippen LogP contribution in [0, 0.1) is 5.82 Å². The highest BCUT2D eigenvalue weighted by Gasteiger charge is 2.42. The Balaban J connectivity index is 1.78. The fourth-order valence-electron chi connectivity index (χ4n) is 4.05. The number of aryl methyl sites for hydroxylation is 1. The van der Waals surface area contributed by atoms with E-state index in [4.69, 9.17) is 0 Å². The number of hydrogen-bond acceptors (Lipinski definition) is 3. The van der Waals surface area contributed by atoms with Crippen LogP contribution in [0.5, 0.6) is 0 Å². The first-order valence-corrected chi connectivity index (χ1v) is 9.19. The number of nitrogens with zero attached hydrogens (tertiary/aromatic N) is 4. The van der Waals surface area contributed by atoms with Crippen molar-refractivity contribution in [2.24, 2.45) is 7.05 Å². The maximum Gasteiger partial charge on any atom is 0.407 e. The fraction of sp³-hybridized carbons (Fsp3) is 0.286. The maximum atomic E-state index is 13.3. The highest BCUT2D eigenvalue weighted by Crippen LogP contribution is 2.41. The lowest BCUT2D eigenvalue weighted by Crippen LogP contribution is -2.46. The van der Waals surface area contributed by atoms with Gasteiger partial charge in [0.1, 0.15) is 5.82 Å². The van der Waals surface area contributed by atoms with Crippen LogP contribution >= 0.6 is 0 Å². The molecule has 1 saturated heterocycles. The van der Waals surface area contributed by atoms with Crippen molar-refractivity contribution in [3.8, 4) is 11.3 Å². The molecule has 6 nitrogen and oxygen atoms in total. The third-order valence-electron chi connectivity index (χ3n) is 5.55. The Morgan fingerprint density at radius 3 is 2.46 bits per heavy atom. The average molecular weight is 380 g/mol. The molecule has 7 heteroatoms.